The van der Waals surface area contributed by atoms with Crippen LogP contribution in [-0.2, 0) is 11.3 Å². The Kier molecular flexibility index (Phi) is 4.57. The lowest BCUT2D eigenvalue weighted by Gasteiger charge is -2.35. The number of furan rings is 1. The fourth-order valence-corrected chi connectivity index (χ4v) is 3.16. The van der Waals surface area contributed by atoms with E-state index in [-0.39, 0.29) is 18.4 Å². The minimum atomic E-state index is -0.448. The molecule has 2 heterocycles. The van der Waals surface area contributed by atoms with Crippen molar-refractivity contribution in [3.63, 3.8) is 0 Å². The summed E-state index contributed by atoms with van der Waals surface area (Å²) in [6.45, 7) is 3.60. The first-order valence-corrected chi connectivity index (χ1v) is 8.34. The van der Waals surface area contributed by atoms with E-state index in [2.05, 4.69) is 21.2 Å². The third-order valence-corrected chi connectivity index (χ3v) is 4.60. The second-order valence-electron chi connectivity index (χ2n) is 5.65. The van der Waals surface area contributed by atoms with E-state index >= 15 is 0 Å². The molecule has 1 aliphatic heterocycles. The Hall–Kier alpha value is -2.34. The largest absolute Gasteiger partial charge is 0.467 e. The summed E-state index contributed by atoms with van der Waals surface area (Å²) in [4.78, 5) is 26.3. The molecule has 2 aromatic rings. The molecule has 1 atom stereocenters. The van der Waals surface area contributed by atoms with Gasteiger partial charge >= 0.3 is 6.03 Å². The molecule has 1 aromatic heterocycles. The summed E-state index contributed by atoms with van der Waals surface area (Å²) >= 11 is 3.40. The molecule has 0 aliphatic carbocycles. The van der Waals surface area contributed by atoms with Gasteiger partial charge in [0.2, 0.25) is 0 Å². The molecule has 0 spiro atoms. The minimum Gasteiger partial charge on any atom is -0.467 e. The van der Waals surface area contributed by atoms with Gasteiger partial charge in [-0.25, -0.2) is 4.79 Å². The van der Waals surface area contributed by atoms with Gasteiger partial charge in [0.1, 0.15) is 5.76 Å². The maximum Gasteiger partial charge on any atom is 0.322 e. The normalized spacial score (nSPS) is 17.9. The van der Waals surface area contributed by atoms with Crippen molar-refractivity contribution in [1.82, 2.24) is 10.2 Å². The van der Waals surface area contributed by atoms with E-state index in [1.165, 1.54) is 11.8 Å². The van der Waals surface area contributed by atoms with Gasteiger partial charge in [-0.3, -0.25) is 9.69 Å². The van der Waals surface area contributed by atoms with Crippen molar-refractivity contribution in [2.75, 3.05) is 0 Å². The highest BCUT2D eigenvalue weighted by Gasteiger charge is 2.34. The summed E-state index contributed by atoms with van der Waals surface area (Å²) in [5, 5.41) is 2.93. The standard InChI is InChI=1S/C18H17BrN2O3/c1-11-16(12(2)22)17(13-5-7-14(19)8-6-13)20-18(23)21(11)10-15-4-3-9-24-15/h3-9,17H,10H2,1-2H3,(H,20,23)/t17-/m1/s1. The van der Waals surface area contributed by atoms with E-state index in [4.69, 9.17) is 4.42 Å². The quantitative estimate of drug-likeness (QED) is 0.854. The molecule has 0 fully saturated rings. The van der Waals surface area contributed by atoms with E-state index in [1.807, 2.05) is 24.3 Å². The second-order valence-corrected chi connectivity index (χ2v) is 6.57. The van der Waals surface area contributed by atoms with Crippen LogP contribution < -0.4 is 5.32 Å². The van der Waals surface area contributed by atoms with Crippen molar-refractivity contribution in [2.24, 2.45) is 0 Å². The number of nitrogens with zero attached hydrogens (tertiary/aromatic N) is 1. The van der Waals surface area contributed by atoms with Gasteiger partial charge in [0.05, 0.1) is 18.8 Å². The lowest BCUT2D eigenvalue weighted by molar-refractivity contribution is -0.114. The third kappa shape index (κ3) is 3.14. The molecule has 0 saturated heterocycles. The summed E-state index contributed by atoms with van der Waals surface area (Å²) < 4.78 is 6.26. The van der Waals surface area contributed by atoms with Crippen molar-refractivity contribution in [3.05, 3.63) is 69.7 Å². The number of rotatable bonds is 4. The molecule has 6 heteroatoms. The van der Waals surface area contributed by atoms with Crippen LogP contribution in [0, 0.1) is 0 Å². The predicted octanol–water partition coefficient (Wildman–Crippen LogP) is 4.17. The van der Waals surface area contributed by atoms with Gasteiger partial charge < -0.3 is 9.73 Å². The number of benzene rings is 1. The van der Waals surface area contributed by atoms with E-state index < -0.39 is 6.04 Å². The van der Waals surface area contributed by atoms with Crippen molar-refractivity contribution in [2.45, 2.75) is 26.4 Å². The topological polar surface area (TPSA) is 62.6 Å². The number of allylic oxidation sites excluding steroid dienone is 1. The van der Waals surface area contributed by atoms with Crippen LogP contribution in [0.1, 0.15) is 31.2 Å². The lowest BCUT2D eigenvalue weighted by atomic mass is 9.92. The van der Waals surface area contributed by atoms with Crippen molar-refractivity contribution >= 4 is 27.7 Å². The van der Waals surface area contributed by atoms with Gasteiger partial charge in [-0.15, -0.1) is 0 Å². The van der Waals surface area contributed by atoms with Crippen molar-refractivity contribution < 1.29 is 14.0 Å². The lowest BCUT2D eigenvalue weighted by Crippen LogP contribution is -2.47. The Morgan fingerprint density at radius 2 is 2.00 bits per heavy atom. The van der Waals surface area contributed by atoms with Crippen LogP contribution >= 0.6 is 15.9 Å². The van der Waals surface area contributed by atoms with Crippen LogP contribution in [0.25, 0.3) is 0 Å². The molecule has 1 aromatic carbocycles. The van der Waals surface area contributed by atoms with Gasteiger partial charge in [-0.1, -0.05) is 28.1 Å². The van der Waals surface area contributed by atoms with Gasteiger partial charge in [0.25, 0.3) is 0 Å². The number of halogens is 1. The van der Waals surface area contributed by atoms with Gasteiger partial charge in [0, 0.05) is 15.7 Å². The Balaban J connectivity index is 2.00. The van der Waals surface area contributed by atoms with Gasteiger partial charge in [0.15, 0.2) is 5.78 Å². The highest BCUT2D eigenvalue weighted by atomic mass is 79.9. The highest BCUT2D eigenvalue weighted by molar-refractivity contribution is 9.10. The molecule has 0 radical (unpaired) electrons. The van der Waals surface area contributed by atoms with Crippen LogP contribution in [0.2, 0.25) is 0 Å². The first kappa shape index (κ1) is 16.5. The predicted molar refractivity (Wildman–Crippen MR) is 93.0 cm³/mol. The van der Waals surface area contributed by atoms with Gasteiger partial charge in [-0.05, 0) is 43.7 Å². The number of carbonyl (C=O) groups is 2. The number of amides is 2. The van der Waals surface area contributed by atoms with Gasteiger partial charge in [-0.2, -0.15) is 0 Å². The summed E-state index contributed by atoms with van der Waals surface area (Å²) in [5.74, 6) is 0.597. The maximum absolute atomic E-state index is 12.6. The zero-order chi connectivity index (χ0) is 17.3. The maximum atomic E-state index is 12.6. The molecule has 0 saturated carbocycles. The first-order valence-electron chi connectivity index (χ1n) is 7.55. The Bertz CT molecular complexity index is 794. The van der Waals surface area contributed by atoms with Crippen LogP contribution in [0.3, 0.4) is 0 Å². The molecule has 24 heavy (non-hydrogen) atoms. The number of urea groups is 1. The molecule has 5 nitrogen and oxygen atoms in total. The number of hydrogen-bond acceptors (Lipinski definition) is 3. The molecule has 3 rings (SSSR count). The number of carbonyl (C=O) groups excluding carboxylic acids is 2. The molecular formula is C18H17BrN2O3. The van der Waals surface area contributed by atoms with E-state index in [0.717, 1.165) is 10.0 Å². The molecule has 1 aliphatic rings. The summed E-state index contributed by atoms with van der Waals surface area (Å²) in [5.41, 5.74) is 2.10. The summed E-state index contributed by atoms with van der Waals surface area (Å²) in [6.07, 6.45) is 1.56. The van der Waals surface area contributed by atoms with E-state index in [9.17, 15) is 9.59 Å². The minimum absolute atomic E-state index is 0.0649. The van der Waals surface area contributed by atoms with E-state index in [1.54, 1.807) is 25.3 Å². The number of nitrogens with one attached hydrogen (secondary N) is 1. The summed E-state index contributed by atoms with van der Waals surface area (Å²) in [6, 6.07) is 10.5. The van der Waals surface area contributed by atoms with Crippen molar-refractivity contribution in [1.29, 1.82) is 0 Å². The Labute approximate surface area is 148 Å². The van der Waals surface area contributed by atoms with Crippen LogP contribution in [0.15, 0.2) is 62.8 Å². The smallest absolute Gasteiger partial charge is 0.322 e. The third-order valence-electron chi connectivity index (χ3n) is 4.07. The number of ketones is 1. The zero-order valence-corrected chi connectivity index (χ0v) is 15.0. The monoisotopic (exact) mass is 388 g/mol. The Morgan fingerprint density at radius 3 is 2.58 bits per heavy atom. The average Bonchev–Trinajstić information content (AvgIpc) is 3.04. The number of hydrogen-bond donors (Lipinski definition) is 1. The SMILES string of the molecule is CC(=O)C1=C(C)N(Cc2ccco2)C(=O)N[C@@H]1c1ccc(Br)cc1. The number of Topliss-reactive ketones (excluding diaryl/α,β-unsaturated/α-hetero) is 1. The van der Waals surface area contributed by atoms with Crippen molar-refractivity contribution in [3.8, 4) is 0 Å². The Morgan fingerprint density at radius 1 is 1.29 bits per heavy atom. The molecular weight excluding hydrogens is 372 g/mol. The van der Waals surface area contributed by atoms with Crippen LogP contribution in [-0.4, -0.2) is 16.7 Å². The average molecular weight is 389 g/mol. The molecule has 124 valence electrons. The fraction of sp³-hybridized carbons (Fsp3) is 0.222. The molecule has 2 amide bonds. The highest BCUT2D eigenvalue weighted by Crippen LogP contribution is 2.32. The summed E-state index contributed by atoms with van der Waals surface area (Å²) in [7, 11) is 0. The first-order chi connectivity index (χ1) is 11.5. The fourth-order valence-electron chi connectivity index (χ4n) is 2.89. The second kappa shape index (κ2) is 6.65. The molecule has 0 bridgehead atoms. The van der Waals surface area contributed by atoms with E-state index in [0.29, 0.717) is 17.0 Å². The molecule has 0 unspecified atom stereocenters. The van der Waals surface area contributed by atoms with Crippen LogP contribution in [0.5, 0.6) is 0 Å². The molecule has 1 N–H and O–H groups in total. The zero-order valence-electron chi connectivity index (χ0n) is 13.4. The van der Waals surface area contributed by atoms with Crippen LogP contribution in [0.4, 0.5) is 4.79 Å².